The number of aryl methyl sites for hydroxylation is 1. The molecule has 0 heterocycles. The molecule has 3 heteroatoms. The molecule has 0 radical (unpaired) electrons. The van der Waals surface area contributed by atoms with Crippen molar-refractivity contribution in [3.05, 3.63) is 23.8 Å². The number of benzene rings is 1. The highest BCUT2D eigenvalue weighted by atomic mass is 16.3. The quantitative estimate of drug-likeness (QED) is 0.667. The second-order valence-electron chi connectivity index (χ2n) is 4.56. The summed E-state index contributed by atoms with van der Waals surface area (Å²) >= 11 is 0. The highest BCUT2D eigenvalue weighted by Crippen LogP contribution is 2.26. The summed E-state index contributed by atoms with van der Waals surface area (Å²) in [6.07, 6.45) is -0.447. The van der Waals surface area contributed by atoms with Crippen molar-refractivity contribution in [2.24, 2.45) is 0 Å². The summed E-state index contributed by atoms with van der Waals surface area (Å²) in [5.74, 6) is 0. The average Bonchev–Trinajstić information content (AvgIpc) is 2.12. The average molecular weight is 208 g/mol. The minimum absolute atomic E-state index is 0.387. The first-order valence-electron chi connectivity index (χ1n) is 5.16. The summed E-state index contributed by atoms with van der Waals surface area (Å²) in [5.41, 5.74) is 8.22. The van der Waals surface area contributed by atoms with Gasteiger partial charge in [-0.05, 0) is 39.3 Å². The van der Waals surface area contributed by atoms with Crippen molar-refractivity contribution in [1.82, 2.24) is 0 Å². The zero-order valence-corrected chi connectivity index (χ0v) is 9.83. The molecule has 1 aromatic carbocycles. The van der Waals surface area contributed by atoms with Crippen molar-refractivity contribution in [2.45, 2.75) is 39.3 Å². The highest BCUT2D eigenvalue weighted by Gasteiger charge is 2.24. The van der Waals surface area contributed by atoms with Crippen LogP contribution in [0.5, 0.6) is 0 Å². The molecule has 0 saturated heterocycles. The van der Waals surface area contributed by atoms with E-state index in [2.05, 4.69) is 5.32 Å². The van der Waals surface area contributed by atoms with Crippen LogP contribution in [0.15, 0.2) is 18.2 Å². The van der Waals surface area contributed by atoms with Crippen molar-refractivity contribution in [1.29, 1.82) is 0 Å². The molecule has 0 amide bonds. The Kier molecular flexibility index (Phi) is 3.25. The normalized spacial score (nSPS) is 13.7. The third kappa shape index (κ3) is 2.63. The van der Waals surface area contributed by atoms with Crippen molar-refractivity contribution in [3.63, 3.8) is 0 Å². The summed E-state index contributed by atoms with van der Waals surface area (Å²) in [5, 5.41) is 12.9. The molecular weight excluding hydrogens is 188 g/mol. The van der Waals surface area contributed by atoms with Gasteiger partial charge in [0.2, 0.25) is 0 Å². The number of aliphatic hydroxyl groups is 1. The number of nitrogens with two attached hydrogens (primary N) is 1. The topological polar surface area (TPSA) is 58.3 Å². The fourth-order valence-corrected chi connectivity index (χ4v) is 1.24. The third-order valence-corrected chi connectivity index (χ3v) is 2.83. The summed E-state index contributed by atoms with van der Waals surface area (Å²) in [7, 11) is 0. The van der Waals surface area contributed by atoms with Gasteiger partial charge in [-0.25, -0.2) is 0 Å². The summed E-state index contributed by atoms with van der Waals surface area (Å²) in [4.78, 5) is 0. The number of rotatable bonds is 3. The molecule has 1 atom stereocenters. The van der Waals surface area contributed by atoms with Gasteiger partial charge in [0.05, 0.1) is 23.0 Å². The van der Waals surface area contributed by atoms with Crippen LogP contribution in [0.1, 0.15) is 26.3 Å². The second kappa shape index (κ2) is 4.11. The van der Waals surface area contributed by atoms with Crippen molar-refractivity contribution >= 4 is 11.4 Å². The molecular formula is C12H20N2O. The third-order valence-electron chi connectivity index (χ3n) is 2.83. The highest BCUT2D eigenvalue weighted by molar-refractivity contribution is 5.70. The lowest BCUT2D eigenvalue weighted by molar-refractivity contribution is 0.133. The minimum atomic E-state index is -0.447. The Balaban J connectivity index is 2.95. The van der Waals surface area contributed by atoms with Gasteiger partial charge in [-0.2, -0.15) is 0 Å². The number of hydrogen-bond acceptors (Lipinski definition) is 3. The first-order chi connectivity index (χ1) is 6.84. The molecule has 1 unspecified atom stereocenters. The predicted molar refractivity (Wildman–Crippen MR) is 65.0 cm³/mol. The Labute approximate surface area is 91.3 Å². The van der Waals surface area contributed by atoms with E-state index in [4.69, 9.17) is 5.73 Å². The van der Waals surface area contributed by atoms with Crippen LogP contribution in [0.25, 0.3) is 0 Å². The smallest absolute Gasteiger partial charge is 0.0736 e. The van der Waals surface area contributed by atoms with Gasteiger partial charge in [-0.3, -0.25) is 0 Å². The number of anilines is 2. The fourth-order valence-electron chi connectivity index (χ4n) is 1.24. The van der Waals surface area contributed by atoms with Crippen LogP contribution in [0.4, 0.5) is 11.4 Å². The van der Waals surface area contributed by atoms with Crippen molar-refractivity contribution < 1.29 is 5.11 Å². The molecule has 1 aromatic rings. The molecule has 0 fully saturated rings. The van der Waals surface area contributed by atoms with Gasteiger partial charge in [0, 0.05) is 0 Å². The first kappa shape index (κ1) is 11.9. The monoisotopic (exact) mass is 208 g/mol. The summed E-state index contributed by atoms with van der Waals surface area (Å²) in [6, 6.07) is 5.84. The lowest BCUT2D eigenvalue weighted by Crippen LogP contribution is -2.42. The first-order valence-corrected chi connectivity index (χ1v) is 5.16. The standard InChI is InChI=1S/C12H20N2O/c1-8-6-5-7-10(11(8)13)14-12(3,4)9(2)15/h5-7,9,14-15H,13H2,1-4H3. The van der Waals surface area contributed by atoms with Crippen LogP contribution in [0, 0.1) is 6.92 Å². The molecule has 0 saturated carbocycles. The van der Waals surface area contributed by atoms with E-state index in [1.165, 1.54) is 0 Å². The zero-order chi connectivity index (χ0) is 11.6. The van der Waals surface area contributed by atoms with E-state index in [9.17, 15) is 5.11 Å². The van der Waals surface area contributed by atoms with Crippen LogP contribution < -0.4 is 11.1 Å². The number of aliphatic hydroxyl groups excluding tert-OH is 1. The van der Waals surface area contributed by atoms with Crippen LogP contribution >= 0.6 is 0 Å². The molecule has 4 N–H and O–H groups in total. The Bertz CT molecular complexity index is 345. The molecule has 1 rings (SSSR count). The molecule has 0 aliphatic rings. The van der Waals surface area contributed by atoms with E-state index < -0.39 is 6.10 Å². The zero-order valence-electron chi connectivity index (χ0n) is 9.83. The summed E-state index contributed by atoms with van der Waals surface area (Å²) in [6.45, 7) is 7.62. The van der Waals surface area contributed by atoms with Crippen molar-refractivity contribution in [3.8, 4) is 0 Å². The molecule has 0 bridgehead atoms. The van der Waals surface area contributed by atoms with Crippen LogP contribution in [-0.2, 0) is 0 Å². The van der Waals surface area contributed by atoms with E-state index in [1.54, 1.807) is 6.92 Å². The molecule has 15 heavy (non-hydrogen) atoms. The van der Waals surface area contributed by atoms with Gasteiger partial charge >= 0.3 is 0 Å². The Morgan fingerprint density at radius 2 is 2.00 bits per heavy atom. The fraction of sp³-hybridized carbons (Fsp3) is 0.500. The van der Waals surface area contributed by atoms with Crippen LogP contribution in [0.3, 0.4) is 0 Å². The maximum absolute atomic E-state index is 9.60. The van der Waals surface area contributed by atoms with Gasteiger partial charge in [-0.15, -0.1) is 0 Å². The molecule has 0 aromatic heterocycles. The van der Waals surface area contributed by atoms with Gasteiger partial charge in [-0.1, -0.05) is 12.1 Å². The van der Waals surface area contributed by atoms with E-state index in [0.29, 0.717) is 0 Å². The number of nitrogen functional groups attached to an aromatic ring is 1. The molecule has 0 aliphatic heterocycles. The van der Waals surface area contributed by atoms with Crippen LogP contribution in [-0.4, -0.2) is 16.7 Å². The molecule has 0 aliphatic carbocycles. The van der Waals surface area contributed by atoms with Gasteiger partial charge in [0.15, 0.2) is 0 Å². The largest absolute Gasteiger partial charge is 0.397 e. The Hall–Kier alpha value is -1.22. The maximum Gasteiger partial charge on any atom is 0.0736 e. The minimum Gasteiger partial charge on any atom is -0.397 e. The molecule has 84 valence electrons. The van der Waals surface area contributed by atoms with E-state index >= 15 is 0 Å². The van der Waals surface area contributed by atoms with Crippen LogP contribution in [0.2, 0.25) is 0 Å². The molecule has 3 nitrogen and oxygen atoms in total. The molecule has 0 spiro atoms. The van der Waals surface area contributed by atoms with E-state index in [-0.39, 0.29) is 5.54 Å². The number of para-hydroxylation sites is 1. The second-order valence-corrected chi connectivity index (χ2v) is 4.56. The maximum atomic E-state index is 9.60. The van der Waals surface area contributed by atoms with E-state index in [1.807, 2.05) is 39.0 Å². The predicted octanol–water partition coefficient (Wildman–Crippen LogP) is 2.15. The number of nitrogens with one attached hydrogen (secondary N) is 1. The van der Waals surface area contributed by atoms with Crippen molar-refractivity contribution in [2.75, 3.05) is 11.1 Å². The number of hydrogen-bond donors (Lipinski definition) is 3. The van der Waals surface area contributed by atoms with Gasteiger partial charge in [0.25, 0.3) is 0 Å². The van der Waals surface area contributed by atoms with Gasteiger partial charge in [0.1, 0.15) is 0 Å². The lowest BCUT2D eigenvalue weighted by Gasteiger charge is -2.31. The Morgan fingerprint density at radius 1 is 1.40 bits per heavy atom. The summed E-state index contributed by atoms with van der Waals surface area (Å²) < 4.78 is 0. The van der Waals surface area contributed by atoms with E-state index in [0.717, 1.165) is 16.9 Å². The Morgan fingerprint density at radius 3 is 2.53 bits per heavy atom. The SMILES string of the molecule is Cc1cccc(NC(C)(C)C(C)O)c1N. The lowest BCUT2D eigenvalue weighted by atomic mass is 9.98. The van der Waals surface area contributed by atoms with Gasteiger partial charge < -0.3 is 16.2 Å².